The van der Waals surface area contributed by atoms with E-state index in [0.717, 1.165) is 5.56 Å². The highest BCUT2D eigenvalue weighted by Gasteiger charge is 2.18. The monoisotopic (exact) mass is 371 g/mol. The van der Waals surface area contributed by atoms with Gasteiger partial charge in [0.15, 0.2) is 0 Å². The minimum atomic E-state index is -0.279. The number of amides is 2. The Bertz CT molecular complexity index is 777. The van der Waals surface area contributed by atoms with Gasteiger partial charge in [-0.2, -0.15) is 0 Å². The maximum absolute atomic E-state index is 13.1. The molecule has 0 aliphatic rings. The molecule has 27 heavy (non-hydrogen) atoms. The molecule has 1 unspecified atom stereocenters. The van der Waals surface area contributed by atoms with Gasteiger partial charge in [-0.15, -0.1) is 0 Å². The fourth-order valence-corrected chi connectivity index (χ4v) is 2.86. The normalized spacial score (nSPS) is 11.9. The Kier molecular flexibility index (Phi) is 7.49. The summed E-state index contributed by atoms with van der Waals surface area (Å²) >= 11 is 0. The van der Waals surface area contributed by atoms with Crippen molar-refractivity contribution in [3.05, 3.63) is 65.5 Å². The van der Waals surface area contributed by atoms with Crippen molar-refractivity contribution in [3.63, 3.8) is 0 Å². The third-order valence-corrected chi connectivity index (χ3v) is 4.40. The summed E-state index contributed by atoms with van der Waals surface area (Å²) in [7, 11) is 0. The molecule has 0 fully saturated rings. The Morgan fingerprint density at radius 2 is 1.81 bits per heavy atom. The summed E-state index contributed by atoms with van der Waals surface area (Å²) in [6.07, 6.45) is 0. The number of rotatable bonds is 8. The molecule has 2 rings (SSSR count). The number of halogens is 1. The van der Waals surface area contributed by atoms with Crippen LogP contribution in [0.4, 0.5) is 10.1 Å². The highest BCUT2D eigenvalue weighted by Crippen LogP contribution is 2.20. The van der Waals surface area contributed by atoms with Crippen molar-refractivity contribution < 1.29 is 14.0 Å². The van der Waals surface area contributed by atoms with E-state index in [2.05, 4.69) is 10.6 Å². The van der Waals surface area contributed by atoms with Crippen LogP contribution >= 0.6 is 0 Å². The van der Waals surface area contributed by atoms with Gasteiger partial charge in [-0.3, -0.25) is 14.5 Å². The SMILES string of the molecule is CCNC(=O)c1cccc(NC(=O)CN(CC)C(C)c2ccc(F)cc2)c1. The molecule has 0 saturated heterocycles. The molecule has 0 aliphatic heterocycles. The van der Waals surface area contributed by atoms with Crippen LogP contribution < -0.4 is 10.6 Å². The number of likely N-dealkylation sites (N-methyl/N-ethyl adjacent to an activating group) is 1. The predicted octanol–water partition coefficient (Wildman–Crippen LogP) is 3.60. The molecule has 0 saturated carbocycles. The molecule has 144 valence electrons. The molecule has 1 atom stereocenters. The van der Waals surface area contributed by atoms with Crippen LogP contribution in [0.5, 0.6) is 0 Å². The molecule has 0 radical (unpaired) electrons. The van der Waals surface area contributed by atoms with Crippen molar-refractivity contribution in [3.8, 4) is 0 Å². The van der Waals surface area contributed by atoms with Crippen LogP contribution in [-0.2, 0) is 4.79 Å². The van der Waals surface area contributed by atoms with E-state index in [9.17, 15) is 14.0 Å². The van der Waals surface area contributed by atoms with Crippen LogP contribution in [0.15, 0.2) is 48.5 Å². The van der Waals surface area contributed by atoms with Gasteiger partial charge >= 0.3 is 0 Å². The standard InChI is InChI=1S/C21H26FN3O2/c1-4-23-21(27)17-7-6-8-19(13-17)24-20(26)14-25(5-2)15(3)16-9-11-18(22)12-10-16/h6-13,15H,4-5,14H2,1-3H3,(H,23,27)(H,24,26). The predicted molar refractivity (Wildman–Crippen MR) is 105 cm³/mol. The van der Waals surface area contributed by atoms with E-state index in [1.54, 1.807) is 36.4 Å². The summed E-state index contributed by atoms with van der Waals surface area (Å²) in [5.74, 6) is -0.619. The van der Waals surface area contributed by atoms with Gasteiger partial charge < -0.3 is 10.6 Å². The maximum atomic E-state index is 13.1. The van der Waals surface area contributed by atoms with Crippen LogP contribution in [0.25, 0.3) is 0 Å². The summed E-state index contributed by atoms with van der Waals surface area (Å²) in [6, 6.07) is 13.1. The summed E-state index contributed by atoms with van der Waals surface area (Å²) < 4.78 is 13.1. The van der Waals surface area contributed by atoms with Crippen molar-refractivity contribution in [2.24, 2.45) is 0 Å². The third-order valence-electron chi connectivity index (χ3n) is 4.40. The van der Waals surface area contributed by atoms with Gasteiger partial charge in [-0.25, -0.2) is 4.39 Å². The van der Waals surface area contributed by atoms with Crippen LogP contribution in [0.1, 0.15) is 42.7 Å². The zero-order valence-corrected chi connectivity index (χ0v) is 16.0. The van der Waals surface area contributed by atoms with Gasteiger partial charge in [-0.1, -0.05) is 25.1 Å². The Balaban J connectivity index is 2.01. The second-order valence-corrected chi connectivity index (χ2v) is 6.28. The number of nitrogens with zero attached hydrogens (tertiary/aromatic N) is 1. The maximum Gasteiger partial charge on any atom is 0.251 e. The zero-order chi connectivity index (χ0) is 19.8. The first-order chi connectivity index (χ1) is 12.9. The minimum Gasteiger partial charge on any atom is -0.352 e. The van der Waals surface area contributed by atoms with Gasteiger partial charge in [-0.05, 0) is 56.3 Å². The minimum absolute atomic E-state index is 0.0250. The first-order valence-corrected chi connectivity index (χ1v) is 9.12. The Morgan fingerprint density at radius 1 is 1.11 bits per heavy atom. The molecule has 0 bridgehead atoms. The Labute approximate surface area is 159 Å². The second kappa shape index (κ2) is 9.83. The van der Waals surface area contributed by atoms with E-state index < -0.39 is 0 Å². The molecule has 0 heterocycles. The average Bonchev–Trinajstić information content (AvgIpc) is 2.66. The van der Waals surface area contributed by atoms with Crippen molar-refractivity contribution in [1.82, 2.24) is 10.2 Å². The lowest BCUT2D eigenvalue weighted by molar-refractivity contribution is -0.117. The number of benzene rings is 2. The summed E-state index contributed by atoms with van der Waals surface area (Å²) in [4.78, 5) is 26.4. The first kappa shape index (κ1) is 20.6. The molecule has 0 aliphatic carbocycles. The fraction of sp³-hybridized carbons (Fsp3) is 0.333. The van der Waals surface area contributed by atoms with Gasteiger partial charge in [0.2, 0.25) is 5.91 Å². The molecule has 2 amide bonds. The van der Waals surface area contributed by atoms with Gasteiger partial charge in [0.25, 0.3) is 5.91 Å². The van der Waals surface area contributed by atoms with Crippen molar-refractivity contribution >= 4 is 17.5 Å². The topological polar surface area (TPSA) is 61.4 Å². The average molecular weight is 371 g/mol. The van der Waals surface area contributed by atoms with Crippen molar-refractivity contribution in [2.75, 3.05) is 25.0 Å². The van der Waals surface area contributed by atoms with E-state index in [1.165, 1.54) is 12.1 Å². The lowest BCUT2D eigenvalue weighted by atomic mass is 10.1. The van der Waals surface area contributed by atoms with Crippen LogP contribution in [0.2, 0.25) is 0 Å². The van der Waals surface area contributed by atoms with Crippen molar-refractivity contribution in [1.29, 1.82) is 0 Å². The molecule has 2 aromatic rings. The molecular formula is C21H26FN3O2. The Morgan fingerprint density at radius 3 is 2.44 bits per heavy atom. The molecule has 6 heteroatoms. The Hall–Kier alpha value is -2.73. The number of hydrogen-bond acceptors (Lipinski definition) is 3. The number of hydrogen-bond donors (Lipinski definition) is 2. The second-order valence-electron chi connectivity index (χ2n) is 6.28. The molecule has 0 spiro atoms. The fourth-order valence-electron chi connectivity index (χ4n) is 2.86. The summed E-state index contributed by atoms with van der Waals surface area (Å²) in [5.41, 5.74) is 2.03. The molecule has 5 nitrogen and oxygen atoms in total. The van der Waals surface area contributed by atoms with Crippen LogP contribution in [0, 0.1) is 5.82 Å². The van der Waals surface area contributed by atoms with Crippen molar-refractivity contribution in [2.45, 2.75) is 26.8 Å². The van der Waals surface area contributed by atoms with E-state index in [1.807, 2.05) is 25.7 Å². The molecule has 0 aromatic heterocycles. The highest BCUT2D eigenvalue weighted by molar-refractivity contribution is 5.97. The largest absolute Gasteiger partial charge is 0.352 e. The van der Waals surface area contributed by atoms with E-state index in [-0.39, 0.29) is 30.2 Å². The summed E-state index contributed by atoms with van der Waals surface area (Å²) in [6.45, 7) is 7.22. The van der Waals surface area contributed by atoms with Gasteiger partial charge in [0.05, 0.1) is 6.54 Å². The number of carbonyl (C=O) groups is 2. The van der Waals surface area contributed by atoms with E-state index in [4.69, 9.17) is 0 Å². The number of carbonyl (C=O) groups excluding carboxylic acids is 2. The van der Waals surface area contributed by atoms with Gasteiger partial charge in [0, 0.05) is 23.8 Å². The lowest BCUT2D eigenvalue weighted by Gasteiger charge is -2.27. The zero-order valence-electron chi connectivity index (χ0n) is 16.0. The molecule has 2 aromatic carbocycles. The van der Waals surface area contributed by atoms with Crippen LogP contribution in [0.3, 0.4) is 0 Å². The van der Waals surface area contributed by atoms with E-state index in [0.29, 0.717) is 24.3 Å². The van der Waals surface area contributed by atoms with E-state index >= 15 is 0 Å². The number of nitrogens with one attached hydrogen (secondary N) is 2. The number of anilines is 1. The quantitative estimate of drug-likeness (QED) is 0.745. The first-order valence-electron chi connectivity index (χ1n) is 9.12. The third kappa shape index (κ3) is 5.89. The van der Waals surface area contributed by atoms with Gasteiger partial charge in [0.1, 0.15) is 5.82 Å². The molecular weight excluding hydrogens is 345 g/mol. The lowest BCUT2D eigenvalue weighted by Crippen LogP contribution is -2.35. The highest BCUT2D eigenvalue weighted by atomic mass is 19.1. The smallest absolute Gasteiger partial charge is 0.251 e. The molecule has 2 N–H and O–H groups in total. The van der Waals surface area contributed by atoms with Crippen LogP contribution in [-0.4, -0.2) is 36.3 Å². The summed E-state index contributed by atoms with van der Waals surface area (Å²) in [5, 5.41) is 5.57.